The Kier molecular flexibility index (Phi) is 2.97. The summed E-state index contributed by atoms with van der Waals surface area (Å²) >= 11 is 0. The summed E-state index contributed by atoms with van der Waals surface area (Å²) in [6.07, 6.45) is 1.13. The lowest BCUT2D eigenvalue weighted by Gasteiger charge is -1.95. The van der Waals surface area contributed by atoms with Gasteiger partial charge in [-0.2, -0.15) is 4.98 Å². The minimum atomic E-state index is -3.14. The fourth-order valence-corrected chi connectivity index (χ4v) is 2.03. The van der Waals surface area contributed by atoms with E-state index in [2.05, 4.69) is 10.1 Å². The van der Waals surface area contributed by atoms with E-state index in [9.17, 15) is 8.42 Å². The number of aryl methyl sites for hydroxylation is 1. The molecule has 5 nitrogen and oxygen atoms in total. The largest absolute Gasteiger partial charge is 0.334 e. The number of nitrogens with zero attached hydrogens (tertiary/aromatic N) is 2. The molecular formula is C11H12N2O3S. The molecule has 1 aromatic carbocycles. The Morgan fingerprint density at radius 3 is 2.76 bits per heavy atom. The minimum absolute atomic E-state index is 0.184. The lowest BCUT2D eigenvalue weighted by atomic mass is 10.1. The van der Waals surface area contributed by atoms with Gasteiger partial charge >= 0.3 is 0 Å². The Bertz CT molecular complexity index is 632. The van der Waals surface area contributed by atoms with Gasteiger partial charge in [0.25, 0.3) is 5.89 Å². The van der Waals surface area contributed by atoms with Gasteiger partial charge in [0.1, 0.15) is 5.75 Å². The van der Waals surface area contributed by atoms with Crippen molar-refractivity contribution in [3.05, 3.63) is 35.7 Å². The number of benzene rings is 1. The molecule has 0 bridgehead atoms. The van der Waals surface area contributed by atoms with Crippen molar-refractivity contribution in [1.82, 2.24) is 10.1 Å². The second-order valence-corrected chi connectivity index (χ2v) is 6.10. The zero-order valence-corrected chi connectivity index (χ0v) is 10.4. The van der Waals surface area contributed by atoms with Crippen molar-refractivity contribution in [3.63, 3.8) is 0 Å². The smallest absolute Gasteiger partial charge is 0.257 e. The number of aromatic nitrogens is 2. The molecule has 0 aliphatic rings. The van der Waals surface area contributed by atoms with Crippen molar-refractivity contribution >= 4 is 9.84 Å². The molecule has 1 aromatic heterocycles. The zero-order valence-electron chi connectivity index (χ0n) is 9.54. The predicted octanol–water partition coefficient (Wildman–Crippen LogP) is 1.59. The standard InChI is InChI=1S/C11H12N2O3S/c1-8-4-3-5-9(6-8)11-12-10(13-16-11)7-17(2,14)15/h3-6H,7H2,1-2H3. The molecule has 1 heterocycles. The highest BCUT2D eigenvalue weighted by molar-refractivity contribution is 7.89. The van der Waals surface area contributed by atoms with Crippen LogP contribution < -0.4 is 0 Å². The van der Waals surface area contributed by atoms with Crippen LogP contribution in [0.1, 0.15) is 11.4 Å². The molecule has 0 aliphatic carbocycles. The summed E-state index contributed by atoms with van der Waals surface area (Å²) in [6, 6.07) is 7.57. The first-order valence-corrected chi connectivity index (χ1v) is 7.07. The fourth-order valence-electron chi connectivity index (χ4n) is 1.44. The predicted molar refractivity (Wildman–Crippen MR) is 63.0 cm³/mol. The summed E-state index contributed by atoms with van der Waals surface area (Å²) in [5.41, 5.74) is 1.86. The van der Waals surface area contributed by atoms with Gasteiger partial charge in [0, 0.05) is 11.8 Å². The van der Waals surface area contributed by atoms with E-state index in [0.717, 1.165) is 17.4 Å². The molecule has 2 aromatic rings. The van der Waals surface area contributed by atoms with Crippen molar-refractivity contribution in [2.45, 2.75) is 12.7 Å². The van der Waals surface area contributed by atoms with Gasteiger partial charge in [-0.25, -0.2) is 8.42 Å². The second-order valence-electron chi connectivity index (χ2n) is 3.96. The number of rotatable bonds is 3. The molecule has 0 saturated heterocycles. The fraction of sp³-hybridized carbons (Fsp3) is 0.273. The Labute approximate surface area is 99.4 Å². The Hall–Kier alpha value is -1.69. The monoisotopic (exact) mass is 252 g/mol. The molecule has 0 fully saturated rings. The van der Waals surface area contributed by atoms with E-state index in [1.165, 1.54) is 0 Å². The molecule has 90 valence electrons. The quantitative estimate of drug-likeness (QED) is 0.829. The third-order valence-electron chi connectivity index (χ3n) is 2.12. The Morgan fingerprint density at radius 1 is 1.35 bits per heavy atom. The van der Waals surface area contributed by atoms with Crippen LogP contribution in [-0.2, 0) is 15.6 Å². The molecular weight excluding hydrogens is 240 g/mol. The molecule has 0 atom stereocenters. The Morgan fingerprint density at radius 2 is 2.12 bits per heavy atom. The first-order chi connectivity index (χ1) is 7.94. The van der Waals surface area contributed by atoms with Crippen LogP contribution in [0.3, 0.4) is 0 Å². The molecule has 0 amide bonds. The van der Waals surface area contributed by atoms with E-state index in [-0.39, 0.29) is 11.6 Å². The molecule has 0 radical (unpaired) electrons. The van der Waals surface area contributed by atoms with Crippen LogP contribution >= 0.6 is 0 Å². The van der Waals surface area contributed by atoms with Crippen molar-refractivity contribution < 1.29 is 12.9 Å². The van der Waals surface area contributed by atoms with Gasteiger partial charge in [-0.3, -0.25) is 0 Å². The first-order valence-electron chi connectivity index (χ1n) is 5.01. The van der Waals surface area contributed by atoms with Crippen LogP contribution in [0.5, 0.6) is 0 Å². The van der Waals surface area contributed by atoms with E-state index in [1.54, 1.807) is 0 Å². The van der Waals surface area contributed by atoms with Crippen LogP contribution in [0.15, 0.2) is 28.8 Å². The molecule has 0 unspecified atom stereocenters. The first kappa shape index (κ1) is 11.8. The van der Waals surface area contributed by atoms with Crippen molar-refractivity contribution in [1.29, 1.82) is 0 Å². The third kappa shape index (κ3) is 3.13. The SMILES string of the molecule is Cc1cccc(-c2nc(CS(C)(=O)=O)no2)c1. The van der Waals surface area contributed by atoms with Gasteiger partial charge in [0.05, 0.1) is 0 Å². The Balaban J connectivity index is 2.30. The van der Waals surface area contributed by atoms with E-state index in [0.29, 0.717) is 5.89 Å². The zero-order chi connectivity index (χ0) is 12.5. The highest BCUT2D eigenvalue weighted by Gasteiger charge is 2.13. The molecule has 17 heavy (non-hydrogen) atoms. The van der Waals surface area contributed by atoms with Gasteiger partial charge in [0.15, 0.2) is 15.7 Å². The summed E-state index contributed by atoms with van der Waals surface area (Å²) in [6.45, 7) is 1.96. The van der Waals surface area contributed by atoms with Gasteiger partial charge in [0.2, 0.25) is 0 Å². The lowest BCUT2D eigenvalue weighted by molar-refractivity contribution is 0.424. The number of hydrogen-bond donors (Lipinski definition) is 0. The van der Waals surface area contributed by atoms with E-state index in [4.69, 9.17) is 4.52 Å². The van der Waals surface area contributed by atoms with Crippen LogP contribution in [-0.4, -0.2) is 24.8 Å². The summed E-state index contributed by atoms with van der Waals surface area (Å²) < 4.78 is 27.2. The van der Waals surface area contributed by atoms with Crippen molar-refractivity contribution in [2.24, 2.45) is 0 Å². The highest BCUT2D eigenvalue weighted by atomic mass is 32.2. The molecule has 6 heteroatoms. The highest BCUT2D eigenvalue weighted by Crippen LogP contribution is 2.18. The van der Waals surface area contributed by atoms with E-state index >= 15 is 0 Å². The van der Waals surface area contributed by atoms with Crippen molar-refractivity contribution in [3.8, 4) is 11.5 Å². The maximum Gasteiger partial charge on any atom is 0.257 e. The summed E-state index contributed by atoms with van der Waals surface area (Å²) in [4.78, 5) is 4.05. The molecule has 2 rings (SSSR count). The van der Waals surface area contributed by atoms with E-state index in [1.807, 2.05) is 31.2 Å². The van der Waals surface area contributed by atoms with Crippen LogP contribution in [0, 0.1) is 6.92 Å². The van der Waals surface area contributed by atoms with Crippen LogP contribution in [0.2, 0.25) is 0 Å². The average Bonchev–Trinajstić information content (AvgIpc) is 2.63. The maximum atomic E-state index is 11.1. The molecule has 0 N–H and O–H groups in total. The second kappa shape index (κ2) is 4.29. The summed E-state index contributed by atoms with van der Waals surface area (Å²) in [5.74, 6) is 0.318. The molecule has 0 saturated carbocycles. The van der Waals surface area contributed by atoms with Crippen molar-refractivity contribution in [2.75, 3.05) is 6.26 Å². The molecule has 0 aliphatic heterocycles. The lowest BCUT2D eigenvalue weighted by Crippen LogP contribution is -2.02. The minimum Gasteiger partial charge on any atom is -0.334 e. The number of hydrogen-bond acceptors (Lipinski definition) is 5. The van der Waals surface area contributed by atoms with Crippen LogP contribution in [0.25, 0.3) is 11.5 Å². The molecule has 0 spiro atoms. The topological polar surface area (TPSA) is 73.1 Å². The van der Waals surface area contributed by atoms with Gasteiger partial charge in [-0.1, -0.05) is 22.9 Å². The van der Waals surface area contributed by atoms with E-state index < -0.39 is 9.84 Å². The normalized spacial score (nSPS) is 11.6. The van der Waals surface area contributed by atoms with Crippen LogP contribution in [0.4, 0.5) is 0 Å². The average molecular weight is 252 g/mol. The van der Waals surface area contributed by atoms with Gasteiger partial charge < -0.3 is 4.52 Å². The third-order valence-corrected chi connectivity index (χ3v) is 2.91. The summed E-state index contributed by atoms with van der Waals surface area (Å²) in [5, 5.41) is 3.64. The van der Waals surface area contributed by atoms with Gasteiger partial charge in [-0.15, -0.1) is 0 Å². The number of sulfone groups is 1. The maximum absolute atomic E-state index is 11.1. The summed E-state index contributed by atoms with van der Waals surface area (Å²) in [7, 11) is -3.14. The van der Waals surface area contributed by atoms with Gasteiger partial charge in [-0.05, 0) is 19.1 Å².